The number of benzene rings is 2. The Kier molecular flexibility index (Phi) is 2.30. The number of para-hydroxylation sites is 1. The van der Waals surface area contributed by atoms with Gasteiger partial charge in [-0.2, -0.15) is 0 Å². The van der Waals surface area contributed by atoms with Gasteiger partial charge in [-0.05, 0) is 18.2 Å². The Morgan fingerprint density at radius 1 is 0.941 bits per heavy atom. The van der Waals surface area contributed by atoms with E-state index in [1.165, 1.54) is 11.1 Å². The smallest absolute Gasteiger partial charge is 0.132 e. The molecule has 0 aliphatic carbocycles. The van der Waals surface area contributed by atoms with Crippen molar-refractivity contribution in [3.05, 3.63) is 58.1 Å². The van der Waals surface area contributed by atoms with Crippen LogP contribution in [0, 0.1) is 0 Å². The normalized spacial score (nSPS) is 15.7. The van der Waals surface area contributed by atoms with Gasteiger partial charge in [0.15, 0.2) is 0 Å². The second kappa shape index (κ2) is 3.61. The molecule has 0 saturated heterocycles. The van der Waals surface area contributed by atoms with Crippen molar-refractivity contribution in [3.63, 3.8) is 0 Å². The fourth-order valence-corrected chi connectivity index (χ4v) is 3.36. The summed E-state index contributed by atoms with van der Waals surface area (Å²) in [5, 5.41) is 0. The van der Waals surface area contributed by atoms with Crippen LogP contribution in [0.2, 0.25) is 0 Å². The molecule has 3 rings (SSSR count). The predicted octanol–water partition coefficient (Wildman–Crippen LogP) is 4.88. The predicted molar refractivity (Wildman–Crippen MR) is 72.8 cm³/mol. The van der Waals surface area contributed by atoms with Gasteiger partial charge >= 0.3 is 0 Å². The molecule has 1 nitrogen and oxygen atoms in total. The molecule has 86 valence electrons. The highest BCUT2D eigenvalue weighted by Crippen LogP contribution is 2.49. The second-order valence-corrected chi connectivity index (χ2v) is 5.69. The van der Waals surface area contributed by atoms with Crippen molar-refractivity contribution in [2.45, 2.75) is 19.3 Å². The number of fused-ring (bicyclic) bond motifs is 2. The summed E-state index contributed by atoms with van der Waals surface area (Å²) < 4.78 is 7.07. The molecular weight excluding hydrogens is 276 g/mol. The van der Waals surface area contributed by atoms with E-state index in [0.29, 0.717) is 0 Å². The average Bonchev–Trinajstić information content (AvgIpc) is 2.28. The van der Waals surface area contributed by atoms with Crippen LogP contribution in [0.15, 0.2) is 46.9 Å². The van der Waals surface area contributed by atoms with Crippen LogP contribution < -0.4 is 4.74 Å². The van der Waals surface area contributed by atoms with Crippen molar-refractivity contribution < 1.29 is 4.74 Å². The van der Waals surface area contributed by atoms with Crippen molar-refractivity contribution in [2.24, 2.45) is 0 Å². The third-order valence-corrected chi connectivity index (χ3v) is 4.04. The quantitative estimate of drug-likeness (QED) is 0.671. The van der Waals surface area contributed by atoms with E-state index in [2.05, 4.69) is 48.0 Å². The zero-order valence-electron chi connectivity index (χ0n) is 9.83. The maximum atomic E-state index is 5.96. The van der Waals surface area contributed by atoms with E-state index in [1.54, 1.807) is 0 Å². The van der Waals surface area contributed by atoms with Gasteiger partial charge in [0.2, 0.25) is 0 Å². The first-order valence-corrected chi connectivity index (χ1v) is 6.46. The van der Waals surface area contributed by atoms with E-state index < -0.39 is 0 Å². The molecule has 0 radical (unpaired) electrons. The lowest BCUT2D eigenvalue weighted by Crippen LogP contribution is -2.24. The van der Waals surface area contributed by atoms with Gasteiger partial charge in [0.1, 0.15) is 11.5 Å². The van der Waals surface area contributed by atoms with Crippen LogP contribution in [0.5, 0.6) is 11.5 Å². The van der Waals surface area contributed by atoms with E-state index >= 15 is 0 Å². The maximum Gasteiger partial charge on any atom is 0.132 e. The first-order chi connectivity index (χ1) is 8.10. The molecule has 17 heavy (non-hydrogen) atoms. The highest BCUT2D eigenvalue weighted by atomic mass is 79.9. The molecule has 0 amide bonds. The van der Waals surface area contributed by atoms with Gasteiger partial charge in [-0.15, -0.1) is 0 Å². The summed E-state index contributed by atoms with van der Waals surface area (Å²) in [7, 11) is 0. The van der Waals surface area contributed by atoms with Crippen LogP contribution >= 0.6 is 15.9 Å². The lowest BCUT2D eigenvalue weighted by molar-refractivity contribution is 0.417. The number of rotatable bonds is 0. The van der Waals surface area contributed by atoms with Gasteiger partial charge in [0.25, 0.3) is 0 Å². The highest BCUT2D eigenvalue weighted by Gasteiger charge is 2.35. The van der Waals surface area contributed by atoms with Gasteiger partial charge in [-0.3, -0.25) is 0 Å². The van der Waals surface area contributed by atoms with Gasteiger partial charge in [-0.1, -0.05) is 54.0 Å². The monoisotopic (exact) mass is 288 g/mol. The molecule has 1 aliphatic heterocycles. The molecule has 2 aromatic carbocycles. The van der Waals surface area contributed by atoms with E-state index in [-0.39, 0.29) is 5.41 Å². The van der Waals surface area contributed by atoms with Crippen LogP contribution in [0.3, 0.4) is 0 Å². The van der Waals surface area contributed by atoms with E-state index in [4.69, 9.17) is 4.74 Å². The Balaban J connectivity index is 2.32. The van der Waals surface area contributed by atoms with Crippen LogP contribution in [0.25, 0.3) is 0 Å². The first-order valence-electron chi connectivity index (χ1n) is 5.67. The molecule has 0 fully saturated rings. The largest absolute Gasteiger partial charge is 0.457 e. The van der Waals surface area contributed by atoms with Gasteiger partial charge < -0.3 is 4.74 Å². The summed E-state index contributed by atoms with van der Waals surface area (Å²) in [6.45, 7) is 4.47. The second-order valence-electron chi connectivity index (χ2n) is 4.84. The number of ether oxygens (including phenoxy) is 1. The van der Waals surface area contributed by atoms with E-state index in [9.17, 15) is 0 Å². The number of hydrogen-bond donors (Lipinski definition) is 0. The molecule has 1 heterocycles. The molecule has 0 unspecified atom stereocenters. The molecule has 0 spiro atoms. The van der Waals surface area contributed by atoms with Gasteiger partial charge in [0, 0.05) is 21.0 Å². The van der Waals surface area contributed by atoms with Crippen molar-refractivity contribution >= 4 is 15.9 Å². The Labute approximate surface area is 110 Å². The summed E-state index contributed by atoms with van der Waals surface area (Å²) in [6.07, 6.45) is 0. The molecule has 1 aliphatic rings. The minimum absolute atomic E-state index is 0.0374. The Morgan fingerprint density at radius 3 is 2.47 bits per heavy atom. The lowest BCUT2D eigenvalue weighted by Gasteiger charge is -2.35. The topological polar surface area (TPSA) is 9.23 Å². The summed E-state index contributed by atoms with van der Waals surface area (Å²) in [4.78, 5) is 0. The molecule has 2 heteroatoms. The zero-order chi connectivity index (χ0) is 12.0. The molecule has 2 aromatic rings. The van der Waals surface area contributed by atoms with Crippen molar-refractivity contribution in [1.82, 2.24) is 0 Å². The van der Waals surface area contributed by atoms with Crippen LogP contribution in [0.4, 0.5) is 0 Å². The lowest BCUT2D eigenvalue weighted by atomic mass is 9.76. The first kappa shape index (κ1) is 10.8. The zero-order valence-corrected chi connectivity index (χ0v) is 11.4. The molecule has 0 atom stereocenters. The maximum absolute atomic E-state index is 5.96. The minimum atomic E-state index is -0.0374. The fourth-order valence-electron chi connectivity index (χ4n) is 2.52. The average molecular weight is 289 g/mol. The van der Waals surface area contributed by atoms with Crippen molar-refractivity contribution in [2.75, 3.05) is 0 Å². The minimum Gasteiger partial charge on any atom is -0.457 e. The summed E-state index contributed by atoms with van der Waals surface area (Å²) in [5.41, 5.74) is 2.42. The Bertz CT molecular complexity index is 587. The molecular formula is C15H13BrO. The Morgan fingerprint density at radius 2 is 1.65 bits per heavy atom. The van der Waals surface area contributed by atoms with Crippen LogP contribution in [-0.2, 0) is 5.41 Å². The van der Waals surface area contributed by atoms with Gasteiger partial charge in [-0.25, -0.2) is 0 Å². The Hall–Kier alpha value is -1.28. The van der Waals surface area contributed by atoms with Gasteiger partial charge in [0.05, 0.1) is 0 Å². The SMILES string of the molecule is CC1(C)c2ccccc2Oc2cccc(Br)c21. The van der Waals surface area contributed by atoms with Crippen molar-refractivity contribution in [1.29, 1.82) is 0 Å². The molecule has 0 saturated carbocycles. The molecule has 0 bridgehead atoms. The standard InChI is InChI=1S/C15H13BrO/c1-15(2)10-6-3-4-8-12(10)17-13-9-5-7-11(16)14(13)15/h3-9H,1-2H3. The van der Waals surface area contributed by atoms with E-state index in [0.717, 1.165) is 16.0 Å². The summed E-state index contributed by atoms with van der Waals surface area (Å²) in [6, 6.07) is 14.3. The number of hydrogen-bond acceptors (Lipinski definition) is 1. The summed E-state index contributed by atoms with van der Waals surface area (Å²) in [5.74, 6) is 1.91. The fraction of sp³-hybridized carbons (Fsp3) is 0.200. The third-order valence-electron chi connectivity index (χ3n) is 3.38. The number of halogens is 1. The molecule has 0 N–H and O–H groups in total. The summed E-state index contributed by atoms with van der Waals surface area (Å²) >= 11 is 3.63. The van der Waals surface area contributed by atoms with E-state index in [1.807, 2.05) is 24.3 Å². The van der Waals surface area contributed by atoms with Crippen molar-refractivity contribution in [3.8, 4) is 11.5 Å². The van der Waals surface area contributed by atoms with Crippen LogP contribution in [-0.4, -0.2) is 0 Å². The third kappa shape index (κ3) is 1.51. The molecule has 0 aromatic heterocycles. The highest BCUT2D eigenvalue weighted by molar-refractivity contribution is 9.10. The van der Waals surface area contributed by atoms with Crippen LogP contribution in [0.1, 0.15) is 25.0 Å².